The highest BCUT2D eigenvalue weighted by Gasteiger charge is 2.51. The average Bonchev–Trinajstić information content (AvgIpc) is 2.98. The number of aliphatic carboxylic acids is 1. The minimum Gasteiger partial charge on any atom is -0.481 e. The quantitative estimate of drug-likeness (QED) is 0.898. The van der Waals surface area contributed by atoms with Crippen molar-refractivity contribution in [1.29, 1.82) is 0 Å². The average molecular weight is 291 g/mol. The number of amides is 1. The summed E-state index contributed by atoms with van der Waals surface area (Å²) < 4.78 is 13.1. The number of hydrogen-bond donors (Lipinski definition) is 2. The SMILES string of the molecule is Cc1cc(F)ccc1C(=O)NC1C2CCC(C2)C1C(=O)O. The number of fused-ring (bicyclic) bond motifs is 2. The van der Waals surface area contributed by atoms with Gasteiger partial charge >= 0.3 is 5.97 Å². The molecule has 2 fully saturated rings. The number of halogens is 1. The van der Waals surface area contributed by atoms with Crippen LogP contribution < -0.4 is 5.32 Å². The maximum absolute atomic E-state index is 13.1. The summed E-state index contributed by atoms with van der Waals surface area (Å²) in [6.07, 6.45) is 2.79. The van der Waals surface area contributed by atoms with Crippen molar-refractivity contribution in [1.82, 2.24) is 5.32 Å². The van der Waals surface area contributed by atoms with Crippen LogP contribution in [0.1, 0.15) is 35.2 Å². The van der Waals surface area contributed by atoms with Gasteiger partial charge in [-0.3, -0.25) is 9.59 Å². The largest absolute Gasteiger partial charge is 0.481 e. The fourth-order valence-electron chi connectivity index (χ4n) is 3.97. The minimum atomic E-state index is -0.830. The molecule has 0 radical (unpaired) electrons. The van der Waals surface area contributed by atoms with E-state index in [2.05, 4.69) is 5.32 Å². The fourth-order valence-corrected chi connectivity index (χ4v) is 3.97. The summed E-state index contributed by atoms with van der Waals surface area (Å²) in [5.74, 6) is -1.59. The highest BCUT2D eigenvalue weighted by Crippen LogP contribution is 2.48. The molecule has 1 aromatic rings. The third-order valence-electron chi connectivity index (χ3n) is 4.93. The molecule has 0 aromatic heterocycles. The van der Waals surface area contributed by atoms with Gasteiger partial charge in [0.1, 0.15) is 5.82 Å². The van der Waals surface area contributed by atoms with E-state index in [9.17, 15) is 19.1 Å². The Kier molecular flexibility index (Phi) is 3.43. The minimum absolute atomic E-state index is 0.173. The van der Waals surface area contributed by atoms with E-state index in [4.69, 9.17) is 0 Å². The summed E-state index contributed by atoms with van der Waals surface area (Å²) in [6.45, 7) is 1.67. The van der Waals surface area contributed by atoms with Crippen LogP contribution in [0.4, 0.5) is 4.39 Å². The van der Waals surface area contributed by atoms with Crippen LogP contribution in [0.2, 0.25) is 0 Å². The second kappa shape index (κ2) is 5.13. The van der Waals surface area contributed by atoms with Gasteiger partial charge in [0.15, 0.2) is 0 Å². The first-order valence-electron chi connectivity index (χ1n) is 7.27. The summed E-state index contributed by atoms with van der Waals surface area (Å²) in [6, 6.07) is 3.70. The second-order valence-corrected chi connectivity index (χ2v) is 6.16. The number of carbonyl (C=O) groups is 2. The maximum Gasteiger partial charge on any atom is 0.308 e. The molecule has 2 aliphatic carbocycles. The van der Waals surface area contributed by atoms with Gasteiger partial charge in [0.25, 0.3) is 5.91 Å². The van der Waals surface area contributed by atoms with Gasteiger partial charge in [-0.2, -0.15) is 0 Å². The zero-order valence-electron chi connectivity index (χ0n) is 11.8. The van der Waals surface area contributed by atoms with E-state index in [1.165, 1.54) is 18.2 Å². The normalized spacial score (nSPS) is 30.4. The number of carboxylic acid groups (broad SMARTS) is 1. The van der Waals surface area contributed by atoms with Crippen LogP contribution in [-0.2, 0) is 4.79 Å². The highest BCUT2D eigenvalue weighted by atomic mass is 19.1. The Balaban J connectivity index is 1.79. The fraction of sp³-hybridized carbons (Fsp3) is 0.500. The van der Waals surface area contributed by atoms with Crippen LogP contribution in [0, 0.1) is 30.5 Å². The Labute approximate surface area is 122 Å². The lowest BCUT2D eigenvalue weighted by Gasteiger charge is -2.29. The van der Waals surface area contributed by atoms with E-state index in [-0.39, 0.29) is 29.6 Å². The molecule has 2 N–H and O–H groups in total. The third kappa shape index (κ3) is 2.41. The number of nitrogens with one attached hydrogen (secondary N) is 1. The van der Waals surface area contributed by atoms with E-state index in [1.54, 1.807) is 6.92 Å². The standard InChI is InChI=1S/C16H18FNO3/c1-8-6-11(17)4-5-12(8)15(19)18-14-10-3-2-9(7-10)13(14)16(20)21/h4-6,9-10,13-14H,2-3,7H2,1H3,(H,18,19)(H,20,21). The van der Waals surface area contributed by atoms with Crippen molar-refractivity contribution in [2.75, 3.05) is 0 Å². The second-order valence-electron chi connectivity index (χ2n) is 6.16. The van der Waals surface area contributed by atoms with Crippen molar-refractivity contribution in [2.24, 2.45) is 17.8 Å². The molecule has 21 heavy (non-hydrogen) atoms. The number of hydrogen-bond acceptors (Lipinski definition) is 2. The van der Waals surface area contributed by atoms with Crippen LogP contribution >= 0.6 is 0 Å². The van der Waals surface area contributed by atoms with Gasteiger partial charge < -0.3 is 10.4 Å². The molecule has 0 saturated heterocycles. The van der Waals surface area contributed by atoms with E-state index >= 15 is 0 Å². The lowest BCUT2D eigenvalue weighted by atomic mass is 9.84. The first kappa shape index (κ1) is 14.0. The molecule has 0 aliphatic heterocycles. The third-order valence-corrected chi connectivity index (χ3v) is 4.93. The highest BCUT2D eigenvalue weighted by molar-refractivity contribution is 5.96. The molecule has 3 rings (SSSR count). The molecule has 1 aromatic carbocycles. The predicted molar refractivity (Wildman–Crippen MR) is 74.3 cm³/mol. The molecule has 1 amide bonds. The van der Waals surface area contributed by atoms with Gasteiger partial charge in [0.05, 0.1) is 5.92 Å². The number of carboxylic acids is 1. The molecule has 0 heterocycles. The lowest BCUT2D eigenvalue weighted by molar-refractivity contribution is -0.144. The van der Waals surface area contributed by atoms with Crippen molar-refractivity contribution in [3.05, 3.63) is 35.1 Å². The molecular weight excluding hydrogens is 273 g/mol. The molecule has 4 nitrogen and oxygen atoms in total. The van der Waals surface area contributed by atoms with Crippen molar-refractivity contribution < 1.29 is 19.1 Å². The van der Waals surface area contributed by atoms with Crippen LogP contribution in [-0.4, -0.2) is 23.0 Å². The number of aryl methyl sites for hydroxylation is 1. The van der Waals surface area contributed by atoms with Crippen LogP contribution in [0.15, 0.2) is 18.2 Å². The van der Waals surface area contributed by atoms with Crippen molar-refractivity contribution in [2.45, 2.75) is 32.2 Å². The smallest absolute Gasteiger partial charge is 0.308 e. The summed E-state index contributed by atoms with van der Waals surface area (Å²) in [5.41, 5.74) is 0.964. The van der Waals surface area contributed by atoms with E-state index in [0.717, 1.165) is 19.3 Å². The molecule has 4 atom stereocenters. The molecule has 112 valence electrons. The van der Waals surface area contributed by atoms with Crippen LogP contribution in [0.5, 0.6) is 0 Å². The Morgan fingerprint density at radius 2 is 2.00 bits per heavy atom. The number of rotatable bonds is 3. The zero-order valence-corrected chi connectivity index (χ0v) is 11.8. The van der Waals surface area contributed by atoms with Gasteiger partial charge in [0, 0.05) is 11.6 Å². The molecule has 0 spiro atoms. The van der Waals surface area contributed by atoms with Gasteiger partial charge in [0.2, 0.25) is 0 Å². The van der Waals surface area contributed by atoms with Gasteiger partial charge in [-0.15, -0.1) is 0 Å². The number of benzene rings is 1. The van der Waals surface area contributed by atoms with Gasteiger partial charge in [-0.05, 0) is 61.8 Å². The van der Waals surface area contributed by atoms with E-state index in [0.29, 0.717) is 11.1 Å². The Morgan fingerprint density at radius 3 is 2.67 bits per heavy atom. The summed E-state index contributed by atoms with van der Waals surface area (Å²) >= 11 is 0. The number of carbonyl (C=O) groups excluding carboxylic acids is 1. The lowest BCUT2D eigenvalue weighted by Crippen LogP contribution is -2.46. The summed E-state index contributed by atoms with van der Waals surface area (Å²) in [4.78, 5) is 23.8. The topological polar surface area (TPSA) is 66.4 Å². The first-order valence-corrected chi connectivity index (χ1v) is 7.27. The van der Waals surface area contributed by atoms with Gasteiger partial charge in [-0.1, -0.05) is 0 Å². The van der Waals surface area contributed by atoms with Gasteiger partial charge in [-0.25, -0.2) is 4.39 Å². The molecule has 5 heteroatoms. The predicted octanol–water partition coefficient (Wildman–Crippen LogP) is 2.36. The molecule has 4 unspecified atom stereocenters. The Hall–Kier alpha value is -1.91. The summed E-state index contributed by atoms with van der Waals surface area (Å²) in [7, 11) is 0. The Bertz CT molecular complexity index is 601. The monoisotopic (exact) mass is 291 g/mol. The van der Waals surface area contributed by atoms with Crippen molar-refractivity contribution in [3.8, 4) is 0 Å². The van der Waals surface area contributed by atoms with Crippen molar-refractivity contribution in [3.63, 3.8) is 0 Å². The first-order chi connectivity index (χ1) is 9.97. The van der Waals surface area contributed by atoms with E-state index < -0.39 is 11.9 Å². The molecular formula is C16H18FNO3. The maximum atomic E-state index is 13.1. The summed E-state index contributed by atoms with van der Waals surface area (Å²) in [5, 5.41) is 12.3. The van der Waals surface area contributed by atoms with Crippen LogP contribution in [0.3, 0.4) is 0 Å². The molecule has 2 saturated carbocycles. The van der Waals surface area contributed by atoms with Crippen LogP contribution in [0.25, 0.3) is 0 Å². The van der Waals surface area contributed by atoms with E-state index in [1.807, 2.05) is 0 Å². The van der Waals surface area contributed by atoms with Crippen molar-refractivity contribution >= 4 is 11.9 Å². The molecule has 2 aliphatic rings. The Morgan fingerprint density at radius 1 is 1.29 bits per heavy atom. The zero-order chi connectivity index (χ0) is 15.1. The molecule has 2 bridgehead atoms.